The molecule has 4 nitrogen and oxygen atoms in total. The van der Waals surface area contributed by atoms with E-state index in [1.165, 1.54) is 0 Å². The number of amides is 1. The minimum absolute atomic E-state index is 0.144. The van der Waals surface area contributed by atoms with Gasteiger partial charge in [-0.15, -0.1) is 0 Å². The van der Waals surface area contributed by atoms with Crippen molar-refractivity contribution in [2.75, 3.05) is 12.3 Å². The smallest absolute Gasteiger partial charge is 0.251 e. The molecular weight excluding hydrogens is 282 g/mol. The highest BCUT2D eigenvalue weighted by Crippen LogP contribution is 2.17. The number of nitrogens with zero attached hydrogens (tertiary/aromatic N) is 1. The van der Waals surface area contributed by atoms with Crippen LogP contribution in [0.2, 0.25) is 0 Å². The second-order valence-electron chi connectivity index (χ2n) is 3.64. The molecule has 17 heavy (non-hydrogen) atoms. The largest absolute Gasteiger partial charge is 0.399 e. The van der Waals surface area contributed by atoms with Gasteiger partial charge in [0.25, 0.3) is 5.91 Å². The molecule has 0 aliphatic heterocycles. The molecule has 1 rings (SSSR count). The van der Waals surface area contributed by atoms with Crippen LogP contribution in [0.3, 0.4) is 0 Å². The van der Waals surface area contributed by atoms with Crippen molar-refractivity contribution in [3.63, 3.8) is 0 Å². The van der Waals surface area contributed by atoms with Crippen molar-refractivity contribution in [3.8, 4) is 6.07 Å². The van der Waals surface area contributed by atoms with E-state index in [4.69, 9.17) is 11.0 Å². The van der Waals surface area contributed by atoms with Crippen molar-refractivity contribution in [2.45, 2.75) is 19.3 Å². The molecule has 0 fully saturated rings. The highest BCUT2D eigenvalue weighted by molar-refractivity contribution is 9.10. The van der Waals surface area contributed by atoms with E-state index in [2.05, 4.69) is 27.3 Å². The third-order valence-corrected chi connectivity index (χ3v) is 2.64. The third-order valence-electron chi connectivity index (χ3n) is 2.18. The lowest BCUT2D eigenvalue weighted by atomic mass is 10.2. The van der Waals surface area contributed by atoms with E-state index < -0.39 is 0 Å². The molecule has 0 radical (unpaired) electrons. The van der Waals surface area contributed by atoms with Gasteiger partial charge in [-0.2, -0.15) is 5.26 Å². The summed E-state index contributed by atoms with van der Waals surface area (Å²) in [6.07, 6.45) is 2.14. The van der Waals surface area contributed by atoms with Crippen LogP contribution in [0.15, 0.2) is 22.7 Å². The summed E-state index contributed by atoms with van der Waals surface area (Å²) in [7, 11) is 0. The van der Waals surface area contributed by atoms with Gasteiger partial charge >= 0.3 is 0 Å². The lowest BCUT2D eigenvalue weighted by Crippen LogP contribution is -2.24. The Labute approximate surface area is 109 Å². The molecule has 0 atom stereocenters. The highest BCUT2D eigenvalue weighted by Gasteiger charge is 2.06. The molecule has 1 aromatic carbocycles. The normalized spacial score (nSPS) is 9.65. The monoisotopic (exact) mass is 295 g/mol. The maximum absolute atomic E-state index is 11.7. The first-order valence-corrected chi connectivity index (χ1v) is 6.14. The van der Waals surface area contributed by atoms with E-state index in [0.717, 1.165) is 17.3 Å². The van der Waals surface area contributed by atoms with Crippen LogP contribution in [0.4, 0.5) is 5.69 Å². The zero-order valence-corrected chi connectivity index (χ0v) is 11.0. The number of halogens is 1. The number of hydrogen-bond donors (Lipinski definition) is 2. The molecule has 90 valence electrons. The number of anilines is 1. The fourth-order valence-corrected chi connectivity index (χ4v) is 1.89. The van der Waals surface area contributed by atoms with Gasteiger partial charge in [0.1, 0.15) is 0 Å². The maximum Gasteiger partial charge on any atom is 0.251 e. The van der Waals surface area contributed by atoms with Crippen LogP contribution in [-0.2, 0) is 0 Å². The lowest BCUT2D eigenvalue weighted by molar-refractivity contribution is 0.0953. The summed E-state index contributed by atoms with van der Waals surface area (Å²) in [5.41, 5.74) is 6.73. The van der Waals surface area contributed by atoms with Crippen molar-refractivity contribution < 1.29 is 4.79 Å². The van der Waals surface area contributed by atoms with Gasteiger partial charge < -0.3 is 11.1 Å². The SMILES string of the molecule is N#CCCCCNC(=O)c1cc(N)cc(Br)c1. The first-order valence-electron chi connectivity index (χ1n) is 5.34. The average Bonchev–Trinajstić information content (AvgIpc) is 2.27. The van der Waals surface area contributed by atoms with Crippen LogP contribution in [0.1, 0.15) is 29.6 Å². The minimum Gasteiger partial charge on any atom is -0.399 e. The number of nitrogens with one attached hydrogen (secondary N) is 1. The average molecular weight is 296 g/mol. The number of nitriles is 1. The number of benzene rings is 1. The molecule has 0 aliphatic rings. The maximum atomic E-state index is 11.7. The van der Waals surface area contributed by atoms with Crippen molar-refractivity contribution in [1.29, 1.82) is 5.26 Å². The van der Waals surface area contributed by atoms with Crippen molar-refractivity contribution >= 4 is 27.5 Å². The minimum atomic E-state index is -0.144. The molecule has 3 N–H and O–H groups in total. The molecule has 0 bridgehead atoms. The predicted molar refractivity (Wildman–Crippen MR) is 70.4 cm³/mol. The van der Waals surface area contributed by atoms with E-state index in [0.29, 0.717) is 24.2 Å². The molecule has 0 aromatic heterocycles. The zero-order chi connectivity index (χ0) is 12.7. The first-order chi connectivity index (χ1) is 8.13. The zero-order valence-electron chi connectivity index (χ0n) is 9.37. The molecule has 0 heterocycles. The van der Waals surface area contributed by atoms with Crippen LogP contribution in [0.5, 0.6) is 0 Å². The van der Waals surface area contributed by atoms with E-state index in [1.807, 2.05) is 0 Å². The van der Waals surface area contributed by atoms with E-state index >= 15 is 0 Å². The number of nitrogen functional groups attached to an aromatic ring is 1. The summed E-state index contributed by atoms with van der Waals surface area (Å²) in [5.74, 6) is -0.144. The number of carbonyl (C=O) groups is 1. The molecule has 0 aliphatic carbocycles. The van der Waals surface area contributed by atoms with Gasteiger partial charge in [-0.25, -0.2) is 0 Å². The molecule has 1 amide bonds. The number of hydrogen-bond acceptors (Lipinski definition) is 3. The van der Waals surface area contributed by atoms with Crippen LogP contribution >= 0.6 is 15.9 Å². The van der Waals surface area contributed by atoms with Gasteiger partial charge in [-0.1, -0.05) is 15.9 Å². The first kappa shape index (κ1) is 13.5. The molecule has 1 aromatic rings. The van der Waals surface area contributed by atoms with Crippen molar-refractivity contribution in [1.82, 2.24) is 5.32 Å². The van der Waals surface area contributed by atoms with Crippen LogP contribution in [-0.4, -0.2) is 12.5 Å². The standard InChI is InChI=1S/C12H14BrN3O/c13-10-6-9(7-11(15)8-10)12(17)16-5-3-1-2-4-14/h6-8H,1-3,5,15H2,(H,16,17). The quantitative estimate of drug-likeness (QED) is 0.647. The highest BCUT2D eigenvalue weighted by atomic mass is 79.9. The Bertz CT molecular complexity index is 420. The Morgan fingerprint density at radius 3 is 2.82 bits per heavy atom. The number of rotatable bonds is 5. The Kier molecular flexibility index (Phi) is 5.50. The van der Waals surface area contributed by atoms with Crippen molar-refractivity contribution in [2.24, 2.45) is 0 Å². The topological polar surface area (TPSA) is 78.9 Å². The van der Waals surface area contributed by atoms with Crippen LogP contribution in [0.25, 0.3) is 0 Å². The van der Waals surface area contributed by atoms with Crippen LogP contribution in [0, 0.1) is 11.3 Å². The molecule has 0 saturated carbocycles. The van der Waals surface area contributed by atoms with Gasteiger partial charge in [0.15, 0.2) is 0 Å². The Balaban J connectivity index is 2.44. The Hall–Kier alpha value is -1.54. The second kappa shape index (κ2) is 6.92. The summed E-state index contributed by atoms with van der Waals surface area (Å²) in [4.78, 5) is 11.7. The number of nitrogens with two attached hydrogens (primary N) is 1. The summed E-state index contributed by atoms with van der Waals surface area (Å²) in [6, 6.07) is 7.16. The molecule has 0 unspecified atom stereocenters. The summed E-state index contributed by atoms with van der Waals surface area (Å²) >= 11 is 3.29. The second-order valence-corrected chi connectivity index (χ2v) is 4.56. The fraction of sp³-hybridized carbons (Fsp3) is 0.333. The Morgan fingerprint density at radius 2 is 2.18 bits per heavy atom. The Morgan fingerprint density at radius 1 is 1.41 bits per heavy atom. The van der Waals surface area contributed by atoms with Gasteiger partial charge in [0.2, 0.25) is 0 Å². The predicted octanol–water partition coefficient (Wildman–Crippen LogP) is 2.45. The van der Waals surface area contributed by atoms with E-state index in [9.17, 15) is 4.79 Å². The summed E-state index contributed by atoms with van der Waals surface area (Å²) < 4.78 is 0.784. The number of carbonyl (C=O) groups excluding carboxylic acids is 1. The van der Waals surface area contributed by atoms with Crippen LogP contribution < -0.4 is 11.1 Å². The molecule has 0 saturated heterocycles. The lowest BCUT2D eigenvalue weighted by Gasteiger charge is -2.05. The molecule has 0 spiro atoms. The number of unbranched alkanes of at least 4 members (excludes halogenated alkanes) is 2. The fourth-order valence-electron chi connectivity index (χ4n) is 1.38. The molecular formula is C12H14BrN3O. The van der Waals surface area contributed by atoms with Gasteiger partial charge in [0, 0.05) is 28.7 Å². The summed E-state index contributed by atoms with van der Waals surface area (Å²) in [5, 5.41) is 11.1. The van der Waals surface area contributed by atoms with E-state index in [1.54, 1.807) is 18.2 Å². The van der Waals surface area contributed by atoms with Gasteiger partial charge in [0.05, 0.1) is 6.07 Å². The van der Waals surface area contributed by atoms with Gasteiger partial charge in [-0.05, 0) is 31.0 Å². The summed E-state index contributed by atoms with van der Waals surface area (Å²) in [6.45, 7) is 0.576. The molecule has 5 heteroatoms. The third kappa shape index (κ3) is 4.87. The van der Waals surface area contributed by atoms with E-state index in [-0.39, 0.29) is 5.91 Å². The van der Waals surface area contributed by atoms with Crippen molar-refractivity contribution in [3.05, 3.63) is 28.2 Å². The van der Waals surface area contributed by atoms with Gasteiger partial charge in [-0.3, -0.25) is 4.79 Å².